The molecule has 2 fully saturated rings. The van der Waals surface area contributed by atoms with Gasteiger partial charge in [0.2, 0.25) is 15.9 Å². The van der Waals surface area contributed by atoms with E-state index in [-0.39, 0.29) is 16.3 Å². The number of rotatable bonds is 3. The van der Waals surface area contributed by atoms with Gasteiger partial charge in [-0.15, -0.1) is 0 Å². The first-order valence-corrected chi connectivity index (χ1v) is 8.74. The van der Waals surface area contributed by atoms with Crippen LogP contribution in [0.1, 0.15) is 19.3 Å². The Kier molecular flexibility index (Phi) is 3.65. The first kappa shape index (κ1) is 15.3. The van der Waals surface area contributed by atoms with Crippen LogP contribution in [0.5, 0.6) is 5.75 Å². The van der Waals surface area contributed by atoms with E-state index in [0.717, 1.165) is 6.42 Å². The van der Waals surface area contributed by atoms with Crippen molar-refractivity contribution in [3.8, 4) is 5.75 Å². The lowest BCUT2D eigenvalue weighted by Crippen LogP contribution is -2.46. The Morgan fingerprint density at radius 1 is 1.27 bits per heavy atom. The fourth-order valence-corrected chi connectivity index (χ4v) is 4.91. The van der Waals surface area contributed by atoms with Crippen LogP contribution in [0.25, 0.3) is 0 Å². The van der Waals surface area contributed by atoms with E-state index < -0.39 is 10.0 Å². The number of hydrogen-bond donors (Lipinski definition) is 0. The molecule has 120 valence electrons. The van der Waals surface area contributed by atoms with E-state index >= 15 is 0 Å². The number of carbonyl (C=O) groups excluding carboxylic acids is 1. The third-order valence-corrected chi connectivity index (χ3v) is 6.71. The molecular formula is C15H20N2O4S. The number of sulfonamides is 1. The van der Waals surface area contributed by atoms with Crippen molar-refractivity contribution in [2.24, 2.45) is 0 Å². The standard InChI is InChI=1S/C15H20N2O4S/c1-16-14(18)6-7-15(16)8-9-17(11-15)22(19,20)13-5-3-4-12(10-13)21-2/h3-5,10H,6-9,11H2,1-2H3. The molecular weight excluding hydrogens is 304 g/mol. The summed E-state index contributed by atoms with van der Waals surface area (Å²) in [7, 11) is -0.276. The lowest BCUT2D eigenvalue weighted by atomic mass is 9.96. The van der Waals surface area contributed by atoms with E-state index in [9.17, 15) is 13.2 Å². The Hall–Kier alpha value is -1.60. The largest absolute Gasteiger partial charge is 0.497 e. The molecule has 2 aliphatic rings. The number of methoxy groups -OCH3 is 1. The predicted molar refractivity (Wildman–Crippen MR) is 81.1 cm³/mol. The summed E-state index contributed by atoms with van der Waals surface area (Å²) in [5.41, 5.74) is -0.330. The lowest BCUT2D eigenvalue weighted by Gasteiger charge is -2.31. The number of benzene rings is 1. The number of nitrogens with zero attached hydrogens (tertiary/aromatic N) is 2. The highest BCUT2D eigenvalue weighted by atomic mass is 32.2. The molecule has 1 amide bonds. The summed E-state index contributed by atoms with van der Waals surface area (Å²) in [5, 5.41) is 0. The van der Waals surface area contributed by atoms with E-state index in [1.54, 1.807) is 30.1 Å². The highest BCUT2D eigenvalue weighted by Crippen LogP contribution is 2.39. The van der Waals surface area contributed by atoms with Crippen LogP contribution >= 0.6 is 0 Å². The molecule has 2 aliphatic heterocycles. The van der Waals surface area contributed by atoms with Crippen LogP contribution in [-0.2, 0) is 14.8 Å². The number of hydrogen-bond acceptors (Lipinski definition) is 4. The highest BCUT2D eigenvalue weighted by Gasteiger charge is 2.50. The minimum absolute atomic E-state index is 0.0978. The molecule has 0 N–H and O–H groups in total. The van der Waals surface area contributed by atoms with E-state index in [1.165, 1.54) is 17.5 Å². The van der Waals surface area contributed by atoms with Crippen LogP contribution in [-0.4, -0.2) is 56.3 Å². The molecule has 22 heavy (non-hydrogen) atoms. The Morgan fingerprint density at radius 3 is 2.68 bits per heavy atom. The summed E-state index contributed by atoms with van der Waals surface area (Å²) >= 11 is 0. The number of likely N-dealkylation sites (N-methyl/N-ethyl adjacent to an activating group) is 1. The van der Waals surface area contributed by atoms with Gasteiger partial charge in [-0.05, 0) is 25.0 Å². The second kappa shape index (κ2) is 5.24. The minimum Gasteiger partial charge on any atom is -0.497 e. The molecule has 1 unspecified atom stereocenters. The summed E-state index contributed by atoms with van der Waals surface area (Å²) < 4.78 is 32.2. The van der Waals surface area contributed by atoms with E-state index in [4.69, 9.17) is 4.74 Å². The fourth-order valence-electron chi connectivity index (χ4n) is 3.35. The van der Waals surface area contributed by atoms with E-state index in [0.29, 0.717) is 31.7 Å². The summed E-state index contributed by atoms with van der Waals surface area (Å²) in [6.07, 6.45) is 1.93. The van der Waals surface area contributed by atoms with Crippen molar-refractivity contribution in [2.45, 2.75) is 29.7 Å². The third kappa shape index (κ3) is 2.28. The topological polar surface area (TPSA) is 66.9 Å². The fraction of sp³-hybridized carbons (Fsp3) is 0.533. The van der Waals surface area contributed by atoms with Crippen LogP contribution in [0.2, 0.25) is 0 Å². The summed E-state index contributed by atoms with van der Waals surface area (Å²) in [6, 6.07) is 6.49. The average molecular weight is 324 g/mol. The average Bonchev–Trinajstić information content (AvgIpc) is 3.08. The second-order valence-electron chi connectivity index (χ2n) is 5.94. The molecule has 0 aromatic heterocycles. The van der Waals surface area contributed by atoms with Crippen LogP contribution in [0.3, 0.4) is 0 Å². The van der Waals surface area contributed by atoms with E-state index in [1.807, 2.05) is 0 Å². The zero-order valence-corrected chi connectivity index (χ0v) is 13.6. The summed E-state index contributed by atoms with van der Waals surface area (Å²) in [5.74, 6) is 0.615. The quantitative estimate of drug-likeness (QED) is 0.834. The van der Waals surface area contributed by atoms with E-state index in [2.05, 4.69) is 0 Å². The lowest BCUT2D eigenvalue weighted by molar-refractivity contribution is -0.129. The van der Waals surface area contributed by atoms with Crippen molar-refractivity contribution < 1.29 is 17.9 Å². The predicted octanol–water partition coefficient (Wildman–Crippen LogP) is 1.08. The molecule has 3 rings (SSSR count). The van der Waals surface area contributed by atoms with Crippen LogP contribution in [0, 0.1) is 0 Å². The Balaban J connectivity index is 1.87. The van der Waals surface area contributed by atoms with Gasteiger partial charge in [0.1, 0.15) is 5.75 Å². The second-order valence-corrected chi connectivity index (χ2v) is 7.88. The molecule has 2 saturated heterocycles. The summed E-state index contributed by atoms with van der Waals surface area (Å²) in [6.45, 7) is 0.811. The minimum atomic E-state index is -3.56. The van der Waals surface area contributed by atoms with Crippen LogP contribution in [0.15, 0.2) is 29.2 Å². The summed E-state index contributed by atoms with van der Waals surface area (Å²) in [4.78, 5) is 13.7. The maximum atomic E-state index is 12.8. The molecule has 1 spiro atoms. The van der Waals surface area contributed by atoms with Gasteiger partial charge >= 0.3 is 0 Å². The molecule has 1 atom stereocenters. The molecule has 1 aromatic rings. The van der Waals surface area contributed by atoms with Gasteiger partial charge in [0, 0.05) is 32.6 Å². The molecule has 0 bridgehead atoms. The molecule has 2 heterocycles. The Labute approximate surface area is 130 Å². The van der Waals surface area contributed by atoms with Gasteiger partial charge < -0.3 is 9.64 Å². The molecule has 7 heteroatoms. The Bertz CT molecular complexity index is 703. The molecule has 0 saturated carbocycles. The van der Waals surface area contributed by atoms with Crippen LogP contribution < -0.4 is 4.74 Å². The van der Waals surface area contributed by atoms with Gasteiger partial charge in [-0.2, -0.15) is 4.31 Å². The van der Waals surface area contributed by atoms with Crippen molar-refractivity contribution in [3.05, 3.63) is 24.3 Å². The Morgan fingerprint density at radius 2 is 2.05 bits per heavy atom. The monoisotopic (exact) mass is 324 g/mol. The smallest absolute Gasteiger partial charge is 0.243 e. The van der Waals surface area contributed by atoms with Gasteiger partial charge in [0.15, 0.2) is 0 Å². The third-order valence-electron chi connectivity index (χ3n) is 4.87. The highest BCUT2D eigenvalue weighted by molar-refractivity contribution is 7.89. The van der Waals surface area contributed by atoms with Crippen molar-refractivity contribution in [1.29, 1.82) is 0 Å². The van der Waals surface area contributed by atoms with Gasteiger partial charge in [0.05, 0.1) is 17.5 Å². The molecule has 0 radical (unpaired) electrons. The van der Waals surface area contributed by atoms with Gasteiger partial charge in [0.25, 0.3) is 0 Å². The first-order valence-electron chi connectivity index (χ1n) is 7.30. The van der Waals surface area contributed by atoms with Gasteiger partial charge in [-0.1, -0.05) is 6.07 Å². The number of amides is 1. The molecule has 1 aromatic carbocycles. The van der Waals surface area contributed by atoms with Crippen molar-refractivity contribution in [2.75, 3.05) is 27.2 Å². The number of carbonyl (C=O) groups is 1. The first-order chi connectivity index (χ1) is 10.4. The van der Waals surface area contributed by atoms with Gasteiger partial charge in [-0.3, -0.25) is 4.79 Å². The van der Waals surface area contributed by atoms with Crippen molar-refractivity contribution in [1.82, 2.24) is 9.21 Å². The normalized spacial score (nSPS) is 26.1. The maximum Gasteiger partial charge on any atom is 0.243 e. The maximum absolute atomic E-state index is 12.8. The molecule has 0 aliphatic carbocycles. The SMILES string of the molecule is COc1cccc(S(=O)(=O)N2CCC3(CCC(=O)N3C)C2)c1. The van der Waals surface area contributed by atoms with Gasteiger partial charge in [-0.25, -0.2) is 8.42 Å². The number of ether oxygens (including phenoxy) is 1. The molecule has 6 nitrogen and oxygen atoms in total. The zero-order chi connectivity index (χ0) is 16.0. The number of likely N-dealkylation sites (tertiary alicyclic amines) is 1. The zero-order valence-electron chi connectivity index (χ0n) is 12.8. The van der Waals surface area contributed by atoms with Crippen molar-refractivity contribution in [3.63, 3.8) is 0 Å². The van der Waals surface area contributed by atoms with Crippen molar-refractivity contribution >= 4 is 15.9 Å². The van der Waals surface area contributed by atoms with Crippen LogP contribution in [0.4, 0.5) is 0 Å².